The molecule has 1 N–H and O–H groups in total. The van der Waals surface area contributed by atoms with Gasteiger partial charge >= 0.3 is 0 Å². The Hall–Kier alpha value is -3.73. The van der Waals surface area contributed by atoms with Gasteiger partial charge in [0.2, 0.25) is 14.3 Å². The molecule has 10 heteroatoms. The molecule has 0 radical (unpaired) electrons. The van der Waals surface area contributed by atoms with E-state index in [2.05, 4.69) is 0 Å². The van der Waals surface area contributed by atoms with Crippen LogP contribution >= 0.6 is 0 Å². The molecule has 0 fully saturated rings. The molecule has 0 aromatic heterocycles. The summed E-state index contributed by atoms with van der Waals surface area (Å²) in [4.78, 5) is 30.2. The minimum Gasteiger partial charge on any atom is -0.490 e. The number of hydrogen-bond donors (Lipinski definition) is 1. The zero-order valence-corrected chi connectivity index (χ0v) is 26.5. The lowest BCUT2D eigenvalue weighted by Gasteiger charge is -2.44. The molecule has 2 amide bonds. The number of fused-ring (bicyclic) bond motifs is 3. The number of benzene rings is 3. The highest BCUT2D eigenvalue weighted by Crippen LogP contribution is 2.49. The van der Waals surface area contributed by atoms with Gasteiger partial charge in [-0.15, -0.1) is 0 Å². The number of rotatable bonds is 7. The number of nitrogens with zero attached hydrogens (tertiary/aromatic N) is 2. The van der Waals surface area contributed by atoms with Crippen molar-refractivity contribution >= 4 is 31.6 Å². The van der Waals surface area contributed by atoms with Gasteiger partial charge in [-0.05, 0) is 61.0 Å². The fourth-order valence-electron chi connectivity index (χ4n) is 6.99. The van der Waals surface area contributed by atoms with Gasteiger partial charge in [0.05, 0.1) is 24.4 Å². The van der Waals surface area contributed by atoms with Crippen molar-refractivity contribution in [3.8, 4) is 11.5 Å². The summed E-state index contributed by atoms with van der Waals surface area (Å²) in [5.74, 6) is 0.517. The van der Waals surface area contributed by atoms with Gasteiger partial charge in [-0.1, -0.05) is 43.3 Å². The third kappa shape index (κ3) is 5.50. The van der Waals surface area contributed by atoms with Gasteiger partial charge in [-0.25, -0.2) is 0 Å². The SMILES string of the molecule is CO[C@@H]1c2cc(N3C(=O)COc4ccccc43)ccc2O[C@H](C(CC(=O)N2Cc3ccccc3C[C@H]2CO)[Si](C)(C)F)[C@H]1C. The molecule has 5 atom stereocenters. The van der Waals surface area contributed by atoms with Gasteiger partial charge in [-0.3, -0.25) is 14.5 Å². The Morgan fingerprint density at radius 2 is 1.82 bits per heavy atom. The molecule has 6 rings (SSSR count). The molecule has 0 saturated heterocycles. The van der Waals surface area contributed by atoms with Gasteiger partial charge in [0, 0.05) is 42.8 Å². The molecule has 44 heavy (non-hydrogen) atoms. The number of amides is 2. The minimum absolute atomic E-state index is 0.0215. The average Bonchev–Trinajstić information content (AvgIpc) is 3.02. The van der Waals surface area contributed by atoms with Crippen LogP contribution in [0.5, 0.6) is 11.5 Å². The first-order valence-corrected chi connectivity index (χ1v) is 18.1. The Kier molecular flexibility index (Phi) is 8.25. The van der Waals surface area contributed by atoms with Gasteiger partial charge < -0.3 is 28.3 Å². The van der Waals surface area contributed by atoms with Crippen molar-refractivity contribution in [3.63, 3.8) is 0 Å². The molecule has 0 aliphatic carbocycles. The second kappa shape index (κ2) is 12.0. The van der Waals surface area contributed by atoms with E-state index in [1.807, 2.05) is 67.6 Å². The summed E-state index contributed by atoms with van der Waals surface area (Å²) in [7, 11) is -1.84. The number of para-hydroxylation sites is 2. The van der Waals surface area contributed by atoms with E-state index in [-0.39, 0.29) is 43.4 Å². The standard InChI is InChI=1S/C34H39FN2O6Si/c1-21-33(41-2)26-16-24(37-27-11-7-8-12-29(27)42-20-32(37)40)13-14-28(26)43-34(21)30(44(3,4)35)17-31(39)36-18-23-10-6-5-9-22(23)15-25(36)19-38/h5-14,16,21,25,30,33-34,38H,15,17-20H2,1-4H3/t21-,25-,30?,33-,34-/m0/s1. The minimum atomic E-state index is -3.45. The van der Waals surface area contributed by atoms with Crippen LogP contribution in [0.1, 0.15) is 36.1 Å². The number of aliphatic hydroxyl groups is 1. The highest BCUT2D eigenvalue weighted by Gasteiger charge is 2.49. The van der Waals surface area contributed by atoms with Crippen molar-refractivity contribution in [3.05, 3.63) is 83.4 Å². The Labute approximate surface area is 258 Å². The highest BCUT2D eigenvalue weighted by molar-refractivity contribution is 6.72. The van der Waals surface area contributed by atoms with E-state index < -0.39 is 26.2 Å². The zero-order chi connectivity index (χ0) is 31.2. The molecule has 0 saturated carbocycles. The van der Waals surface area contributed by atoms with Gasteiger partial charge in [0.25, 0.3) is 5.91 Å². The molecule has 0 bridgehead atoms. The van der Waals surface area contributed by atoms with Crippen molar-refractivity contribution in [1.29, 1.82) is 0 Å². The number of methoxy groups -OCH3 is 1. The number of carbonyl (C=O) groups is 2. The monoisotopic (exact) mass is 618 g/mol. The second-order valence-corrected chi connectivity index (χ2v) is 16.4. The quantitative estimate of drug-likeness (QED) is 0.270. The summed E-state index contributed by atoms with van der Waals surface area (Å²) < 4.78 is 34.4. The maximum Gasteiger partial charge on any atom is 0.269 e. The number of hydrogen-bond acceptors (Lipinski definition) is 6. The van der Waals surface area contributed by atoms with E-state index in [9.17, 15) is 14.7 Å². The molecule has 232 valence electrons. The summed E-state index contributed by atoms with van der Waals surface area (Å²) >= 11 is 0. The Morgan fingerprint density at radius 1 is 1.09 bits per heavy atom. The molecule has 3 aromatic rings. The van der Waals surface area contributed by atoms with Gasteiger partial charge in [0.15, 0.2) is 6.61 Å². The van der Waals surface area contributed by atoms with Gasteiger partial charge in [-0.2, -0.15) is 0 Å². The number of anilines is 2. The second-order valence-electron chi connectivity index (χ2n) is 12.5. The van der Waals surface area contributed by atoms with Crippen LogP contribution in [0.25, 0.3) is 0 Å². The van der Waals surface area contributed by atoms with Crippen LogP contribution in [0.2, 0.25) is 18.6 Å². The molecular weight excluding hydrogens is 579 g/mol. The topological polar surface area (TPSA) is 88.5 Å². The first-order valence-electron chi connectivity index (χ1n) is 15.1. The molecule has 1 unspecified atom stereocenters. The smallest absolute Gasteiger partial charge is 0.269 e. The summed E-state index contributed by atoms with van der Waals surface area (Å²) in [6.45, 7) is 5.38. The summed E-state index contributed by atoms with van der Waals surface area (Å²) in [6.07, 6.45) is -0.514. The molecule has 3 aromatic carbocycles. The van der Waals surface area contributed by atoms with E-state index in [1.165, 1.54) is 0 Å². The van der Waals surface area contributed by atoms with Crippen LogP contribution in [-0.4, -0.2) is 62.7 Å². The van der Waals surface area contributed by atoms with Crippen molar-refractivity contribution in [2.24, 2.45) is 5.92 Å². The first-order chi connectivity index (χ1) is 21.1. The Balaban J connectivity index is 1.29. The summed E-state index contributed by atoms with van der Waals surface area (Å²) in [5, 5.41) is 10.2. The molecular formula is C34H39FN2O6Si. The Morgan fingerprint density at radius 3 is 2.55 bits per heavy atom. The average molecular weight is 619 g/mol. The lowest BCUT2D eigenvalue weighted by atomic mass is 9.86. The van der Waals surface area contributed by atoms with Crippen LogP contribution in [-0.2, 0) is 27.3 Å². The Bertz CT molecular complexity index is 1560. The van der Waals surface area contributed by atoms with Crippen molar-refractivity contribution < 1.29 is 33.0 Å². The maximum absolute atomic E-state index is 16.2. The lowest BCUT2D eigenvalue weighted by Crippen LogP contribution is -2.50. The highest BCUT2D eigenvalue weighted by atomic mass is 28.4. The number of aliphatic hydroxyl groups excluding tert-OH is 1. The molecule has 0 spiro atoms. The van der Waals surface area contributed by atoms with Crippen LogP contribution < -0.4 is 14.4 Å². The summed E-state index contributed by atoms with van der Waals surface area (Å²) in [6, 6.07) is 20.5. The number of carbonyl (C=O) groups excluding carboxylic acids is 2. The number of ether oxygens (including phenoxy) is 3. The normalized spacial score (nSPS) is 23.5. The molecule has 3 aliphatic rings. The molecule has 3 heterocycles. The van der Waals surface area contributed by atoms with E-state index in [1.54, 1.807) is 36.1 Å². The van der Waals surface area contributed by atoms with Crippen LogP contribution in [0.4, 0.5) is 15.5 Å². The predicted octanol–water partition coefficient (Wildman–Crippen LogP) is 5.71. The molecule has 8 nitrogen and oxygen atoms in total. The predicted molar refractivity (Wildman–Crippen MR) is 167 cm³/mol. The van der Waals surface area contributed by atoms with Crippen LogP contribution in [0.3, 0.4) is 0 Å². The molecule has 3 aliphatic heterocycles. The van der Waals surface area contributed by atoms with Crippen LogP contribution in [0, 0.1) is 5.92 Å². The fourth-order valence-corrected chi connectivity index (χ4v) is 8.80. The third-order valence-corrected chi connectivity index (χ3v) is 11.6. The zero-order valence-electron chi connectivity index (χ0n) is 25.5. The van der Waals surface area contributed by atoms with Crippen molar-refractivity contribution in [2.45, 2.75) is 63.2 Å². The van der Waals surface area contributed by atoms with Gasteiger partial charge in [0.1, 0.15) is 17.6 Å². The summed E-state index contributed by atoms with van der Waals surface area (Å²) in [5.41, 5.74) is 3.60. The van der Waals surface area contributed by atoms with Crippen LogP contribution in [0.15, 0.2) is 66.7 Å². The fraction of sp³-hybridized carbons (Fsp3) is 0.412. The largest absolute Gasteiger partial charge is 0.490 e. The van der Waals surface area contributed by atoms with Crippen molar-refractivity contribution in [2.75, 3.05) is 25.2 Å². The maximum atomic E-state index is 16.2. The van der Waals surface area contributed by atoms with E-state index in [0.717, 1.165) is 16.7 Å². The number of halogens is 1. The lowest BCUT2D eigenvalue weighted by molar-refractivity contribution is -0.136. The van der Waals surface area contributed by atoms with E-state index in [0.29, 0.717) is 35.8 Å². The van der Waals surface area contributed by atoms with Crippen molar-refractivity contribution in [1.82, 2.24) is 4.90 Å². The van der Waals surface area contributed by atoms with E-state index in [4.69, 9.17) is 14.2 Å². The third-order valence-electron chi connectivity index (χ3n) is 9.34. The first kappa shape index (κ1) is 30.3. The van der Waals surface area contributed by atoms with E-state index >= 15 is 4.11 Å².